The number of methoxy groups -OCH3 is 1. The second-order valence-electron chi connectivity index (χ2n) is 7.58. The first-order valence-electron chi connectivity index (χ1n) is 10.3. The Morgan fingerprint density at radius 1 is 0.939 bits per heavy atom. The number of amides is 2. The van der Waals surface area contributed by atoms with E-state index in [2.05, 4.69) is 0 Å². The van der Waals surface area contributed by atoms with Crippen molar-refractivity contribution in [3.8, 4) is 11.5 Å². The van der Waals surface area contributed by atoms with Gasteiger partial charge in [-0.25, -0.2) is 0 Å². The fraction of sp³-hybridized carbons (Fsp3) is 0.154. The Bertz CT molecular complexity index is 1210. The van der Waals surface area contributed by atoms with Crippen LogP contribution in [-0.2, 0) is 17.9 Å². The van der Waals surface area contributed by atoms with Crippen molar-refractivity contribution in [3.63, 3.8) is 0 Å². The van der Waals surface area contributed by atoms with Crippen molar-refractivity contribution in [2.24, 2.45) is 0 Å². The number of aryl methyl sites for hydroxylation is 1. The first kappa shape index (κ1) is 23.0. The predicted molar refractivity (Wildman–Crippen MR) is 131 cm³/mol. The van der Waals surface area contributed by atoms with E-state index in [1.165, 1.54) is 4.90 Å². The minimum absolute atomic E-state index is 0.250. The smallest absolute Gasteiger partial charge is 0.293 e. The van der Waals surface area contributed by atoms with E-state index in [0.29, 0.717) is 28.0 Å². The molecule has 1 heterocycles. The van der Waals surface area contributed by atoms with Gasteiger partial charge in [-0.1, -0.05) is 59.6 Å². The first-order valence-corrected chi connectivity index (χ1v) is 11.5. The zero-order valence-corrected chi connectivity index (χ0v) is 19.8. The van der Waals surface area contributed by atoms with E-state index >= 15 is 0 Å². The summed E-state index contributed by atoms with van der Waals surface area (Å²) >= 11 is 6.88. The molecule has 0 unspecified atom stereocenters. The number of thioether (sulfide) groups is 1. The number of carbonyl (C=O) groups is 2. The molecule has 33 heavy (non-hydrogen) atoms. The van der Waals surface area contributed by atoms with Gasteiger partial charge in [-0.05, 0) is 65.7 Å². The minimum Gasteiger partial charge on any atom is -0.493 e. The van der Waals surface area contributed by atoms with E-state index in [1.54, 1.807) is 37.5 Å². The molecule has 1 fully saturated rings. The molecule has 168 valence electrons. The van der Waals surface area contributed by atoms with Crippen LogP contribution in [0.1, 0.15) is 22.3 Å². The zero-order valence-electron chi connectivity index (χ0n) is 18.2. The number of imide groups is 1. The normalized spacial score (nSPS) is 14.8. The lowest BCUT2D eigenvalue weighted by Gasteiger charge is -2.13. The Morgan fingerprint density at radius 2 is 1.64 bits per heavy atom. The van der Waals surface area contributed by atoms with Gasteiger partial charge in [0.2, 0.25) is 0 Å². The molecule has 0 N–H and O–H groups in total. The van der Waals surface area contributed by atoms with Crippen molar-refractivity contribution in [1.29, 1.82) is 0 Å². The lowest BCUT2D eigenvalue weighted by Crippen LogP contribution is -2.27. The fourth-order valence-corrected chi connectivity index (χ4v) is 4.27. The third-order valence-corrected chi connectivity index (χ3v) is 6.29. The van der Waals surface area contributed by atoms with E-state index in [9.17, 15) is 9.59 Å². The van der Waals surface area contributed by atoms with Gasteiger partial charge >= 0.3 is 0 Å². The van der Waals surface area contributed by atoms with Crippen molar-refractivity contribution >= 4 is 40.6 Å². The second-order valence-corrected chi connectivity index (χ2v) is 9.01. The van der Waals surface area contributed by atoms with Gasteiger partial charge in [0.1, 0.15) is 6.61 Å². The lowest BCUT2D eigenvalue weighted by molar-refractivity contribution is -0.123. The molecule has 5 nitrogen and oxygen atoms in total. The van der Waals surface area contributed by atoms with E-state index in [0.717, 1.165) is 34.0 Å². The number of nitrogens with zero attached hydrogens (tertiary/aromatic N) is 1. The van der Waals surface area contributed by atoms with Crippen molar-refractivity contribution in [2.45, 2.75) is 20.1 Å². The number of benzene rings is 3. The summed E-state index contributed by atoms with van der Waals surface area (Å²) in [4.78, 5) is 27.0. The number of hydrogen-bond acceptors (Lipinski definition) is 5. The average molecular weight is 480 g/mol. The largest absolute Gasteiger partial charge is 0.493 e. The highest BCUT2D eigenvalue weighted by Gasteiger charge is 2.35. The predicted octanol–water partition coefficient (Wildman–Crippen LogP) is 6.47. The summed E-state index contributed by atoms with van der Waals surface area (Å²) in [5.41, 5.74) is 3.74. The molecule has 3 aromatic rings. The third kappa shape index (κ3) is 5.59. The van der Waals surface area contributed by atoms with Gasteiger partial charge in [-0.15, -0.1) is 0 Å². The van der Waals surface area contributed by atoms with Crippen LogP contribution in [0.2, 0.25) is 5.02 Å². The Morgan fingerprint density at radius 3 is 2.33 bits per heavy atom. The molecule has 0 aromatic heterocycles. The van der Waals surface area contributed by atoms with Crippen LogP contribution in [0.25, 0.3) is 6.08 Å². The van der Waals surface area contributed by atoms with Crippen molar-refractivity contribution < 1.29 is 19.1 Å². The molecule has 2 amide bonds. The van der Waals surface area contributed by atoms with Crippen LogP contribution in [0.4, 0.5) is 4.79 Å². The second kappa shape index (κ2) is 10.1. The average Bonchev–Trinajstić information content (AvgIpc) is 3.07. The number of ether oxygens (including phenoxy) is 2. The molecule has 1 saturated heterocycles. The molecule has 0 saturated carbocycles. The molecule has 0 radical (unpaired) electrons. The molecule has 0 spiro atoms. The van der Waals surface area contributed by atoms with Crippen LogP contribution < -0.4 is 9.47 Å². The Kier molecular flexibility index (Phi) is 7.06. The molecule has 0 aliphatic carbocycles. The molecule has 0 atom stereocenters. The highest BCUT2D eigenvalue weighted by molar-refractivity contribution is 8.18. The van der Waals surface area contributed by atoms with Gasteiger partial charge in [0.15, 0.2) is 11.5 Å². The number of rotatable bonds is 7. The number of hydrogen-bond donors (Lipinski definition) is 0. The summed E-state index contributed by atoms with van der Waals surface area (Å²) in [6.45, 7) is 2.58. The fourth-order valence-electron chi connectivity index (χ4n) is 3.30. The standard InChI is InChI=1S/C26H22ClNO4S/c1-17-3-5-18(6-4-17)15-28-25(29)24(33-26(28)30)14-20-9-12-22(31-2)23(13-20)32-16-19-7-10-21(27)11-8-19/h3-14H,15-16H2,1-2H3/b24-14-. The van der Waals surface area contributed by atoms with Crippen LogP contribution in [0.5, 0.6) is 11.5 Å². The van der Waals surface area contributed by atoms with Crippen molar-refractivity contribution in [1.82, 2.24) is 4.90 Å². The van der Waals surface area contributed by atoms with Gasteiger partial charge in [0, 0.05) is 5.02 Å². The third-order valence-electron chi connectivity index (χ3n) is 5.13. The van der Waals surface area contributed by atoms with E-state index < -0.39 is 0 Å². The maximum absolute atomic E-state index is 12.9. The number of carbonyl (C=O) groups excluding carboxylic acids is 2. The van der Waals surface area contributed by atoms with Gasteiger partial charge < -0.3 is 9.47 Å². The van der Waals surface area contributed by atoms with Crippen LogP contribution in [0.3, 0.4) is 0 Å². The SMILES string of the molecule is COc1ccc(/C=C2\SC(=O)N(Cc3ccc(C)cc3)C2=O)cc1OCc1ccc(Cl)cc1. The number of halogens is 1. The first-order chi connectivity index (χ1) is 15.9. The van der Waals surface area contributed by atoms with Crippen molar-refractivity contribution in [2.75, 3.05) is 7.11 Å². The summed E-state index contributed by atoms with van der Waals surface area (Å²) in [7, 11) is 1.57. The minimum atomic E-state index is -0.301. The monoisotopic (exact) mass is 479 g/mol. The maximum atomic E-state index is 12.9. The maximum Gasteiger partial charge on any atom is 0.293 e. The van der Waals surface area contributed by atoms with E-state index in [1.807, 2.05) is 49.4 Å². The Labute approximate surface area is 202 Å². The molecular weight excluding hydrogens is 458 g/mol. The van der Waals surface area contributed by atoms with E-state index in [-0.39, 0.29) is 17.7 Å². The van der Waals surface area contributed by atoms with Gasteiger partial charge in [-0.3, -0.25) is 14.5 Å². The summed E-state index contributed by atoms with van der Waals surface area (Å²) in [6.07, 6.45) is 1.70. The molecule has 3 aromatic carbocycles. The summed E-state index contributed by atoms with van der Waals surface area (Å²) in [5.74, 6) is 0.818. The van der Waals surface area contributed by atoms with Crippen LogP contribution in [0, 0.1) is 6.92 Å². The quantitative estimate of drug-likeness (QED) is 0.363. The molecule has 0 bridgehead atoms. The Hall–Kier alpha value is -3.22. The molecular formula is C26H22ClNO4S. The summed E-state index contributed by atoms with van der Waals surface area (Å²) in [6, 6.07) is 20.6. The topological polar surface area (TPSA) is 55.8 Å². The van der Waals surface area contributed by atoms with Crippen molar-refractivity contribution in [3.05, 3.63) is 98.9 Å². The van der Waals surface area contributed by atoms with E-state index in [4.69, 9.17) is 21.1 Å². The summed E-state index contributed by atoms with van der Waals surface area (Å²) in [5, 5.41) is 0.384. The van der Waals surface area contributed by atoms with Gasteiger partial charge in [0.25, 0.3) is 11.1 Å². The molecule has 1 aliphatic heterocycles. The van der Waals surface area contributed by atoms with Gasteiger partial charge in [-0.2, -0.15) is 0 Å². The molecule has 4 rings (SSSR count). The van der Waals surface area contributed by atoms with Gasteiger partial charge in [0.05, 0.1) is 18.6 Å². The Balaban J connectivity index is 1.51. The summed E-state index contributed by atoms with van der Waals surface area (Å²) < 4.78 is 11.4. The lowest BCUT2D eigenvalue weighted by atomic mass is 10.1. The molecule has 7 heteroatoms. The van der Waals surface area contributed by atoms with Crippen LogP contribution >= 0.6 is 23.4 Å². The zero-order chi connectivity index (χ0) is 23.4. The van der Waals surface area contributed by atoms with Crippen LogP contribution in [-0.4, -0.2) is 23.2 Å². The highest BCUT2D eigenvalue weighted by Crippen LogP contribution is 2.35. The highest BCUT2D eigenvalue weighted by atomic mass is 35.5. The van der Waals surface area contributed by atoms with Crippen LogP contribution in [0.15, 0.2) is 71.6 Å². The molecule has 1 aliphatic rings.